The molecule has 0 N–H and O–H groups in total. The van der Waals surface area contributed by atoms with E-state index < -0.39 is 0 Å². The van der Waals surface area contributed by atoms with Crippen LogP contribution < -0.4 is 0 Å². The van der Waals surface area contributed by atoms with Gasteiger partial charge in [0.1, 0.15) is 6.61 Å². The number of allylic oxidation sites excluding steroid dienone is 4. The Morgan fingerprint density at radius 2 is 1.86 bits per heavy atom. The molecule has 3 aliphatic carbocycles. The van der Waals surface area contributed by atoms with E-state index in [4.69, 9.17) is 4.74 Å². The summed E-state index contributed by atoms with van der Waals surface area (Å²) in [4.78, 5) is 13.3. The predicted octanol–water partition coefficient (Wildman–Crippen LogP) is 7.01. The minimum Gasteiger partial charge on any atom is -0.460 e. The van der Waals surface area contributed by atoms with Crippen molar-refractivity contribution in [3.8, 4) is 0 Å². The highest BCUT2D eigenvalue weighted by atomic mass is 16.5. The second-order valence-electron chi connectivity index (χ2n) is 10.2. The molecule has 0 spiro atoms. The quantitative estimate of drug-likeness (QED) is 0.515. The highest BCUT2D eigenvalue weighted by molar-refractivity contribution is 5.77. The first kappa shape index (κ1) is 20.4. The van der Waals surface area contributed by atoms with Gasteiger partial charge in [0.2, 0.25) is 0 Å². The fourth-order valence-corrected chi connectivity index (χ4v) is 6.45. The second kappa shape index (κ2) is 7.78. The minimum absolute atomic E-state index is 0.00977. The molecule has 0 saturated heterocycles. The van der Waals surface area contributed by atoms with Crippen LogP contribution in [0.2, 0.25) is 0 Å². The fourth-order valence-electron chi connectivity index (χ4n) is 6.45. The van der Waals surface area contributed by atoms with Gasteiger partial charge in [-0.15, -0.1) is 0 Å². The van der Waals surface area contributed by atoms with Gasteiger partial charge in [0.15, 0.2) is 0 Å². The first-order valence-electron chi connectivity index (χ1n) is 11.5. The number of ether oxygens (including phenoxy) is 1. The molecule has 3 aliphatic rings. The molecule has 0 amide bonds. The van der Waals surface area contributed by atoms with Crippen LogP contribution in [0.5, 0.6) is 0 Å². The number of rotatable bonds is 4. The van der Waals surface area contributed by atoms with Crippen molar-refractivity contribution < 1.29 is 9.53 Å². The standard InChI is InChI=1S/C27H36O2/c1-19(2)21-11-13-23-22(17-21)12-14-24-26(23,3)15-8-16-27(24,4)25(28)29-18-20-9-6-5-7-10-20/h5-7,9-10,17,19,24H,8,11-16,18H2,1-4H3/t24?,26-,27?/m1/s1. The van der Waals surface area contributed by atoms with Crippen LogP contribution in [0.3, 0.4) is 0 Å². The fraction of sp³-hybridized carbons (Fsp3) is 0.593. The van der Waals surface area contributed by atoms with Crippen LogP contribution in [0.1, 0.15) is 78.2 Å². The van der Waals surface area contributed by atoms with E-state index in [0.29, 0.717) is 18.4 Å². The van der Waals surface area contributed by atoms with Crippen LogP contribution in [-0.2, 0) is 16.1 Å². The number of hydrogen-bond acceptors (Lipinski definition) is 2. The molecule has 2 nitrogen and oxygen atoms in total. The first-order valence-corrected chi connectivity index (χ1v) is 11.5. The topological polar surface area (TPSA) is 26.3 Å². The Morgan fingerprint density at radius 1 is 1.10 bits per heavy atom. The van der Waals surface area contributed by atoms with E-state index in [9.17, 15) is 4.79 Å². The largest absolute Gasteiger partial charge is 0.460 e. The van der Waals surface area contributed by atoms with Crippen molar-refractivity contribution in [3.05, 3.63) is 58.7 Å². The van der Waals surface area contributed by atoms with Gasteiger partial charge in [-0.25, -0.2) is 0 Å². The summed E-state index contributed by atoms with van der Waals surface area (Å²) >= 11 is 0. The number of carbonyl (C=O) groups is 1. The SMILES string of the molecule is CC(C)C1=CC2=C(CC1)[C@@]1(C)CCCC(C)(C(=O)OCc3ccccc3)C1CC2. The Labute approximate surface area is 176 Å². The molecule has 1 fully saturated rings. The van der Waals surface area contributed by atoms with Gasteiger partial charge in [-0.3, -0.25) is 4.79 Å². The Morgan fingerprint density at radius 3 is 2.59 bits per heavy atom. The van der Waals surface area contributed by atoms with Crippen molar-refractivity contribution in [2.24, 2.45) is 22.7 Å². The Hall–Kier alpha value is -1.83. The van der Waals surface area contributed by atoms with E-state index in [0.717, 1.165) is 31.2 Å². The second-order valence-corrected chi connectivity index (χ2v) is 10.2. The molecular weight excluding hydrogens is 356 g/mol. The zero-order valence-electron chi connectivity index (χ0n) is 18.6. The monoisotopic (exact) mass is 392 g/mol. The summed E-state index contributed by atoms with van der Waals surface area (Å²) in [6.07, 6.45) is 10.4. The van der Waals surface area contributed by atoms with E-state index in [1.807, 2.05) is 30.3 Å². The Bertz CT molecular complexity index is 831. The number of fused-ring (bicyclic) bond motifs is 2. The summed E-state index contributed by atoms with van der Waals surface area (Å²) in [5.41, 5.74) is 5.68. The van der Waals surface area contributed by atoms with Crippen LogP contribution >= 0.6 is 0 Å². The van der Waals surface area contributed by atoms with Crippen molar-refractivity contribution >= 4 is 5.97 Å². The summed E-state index contributed by atoms with van der Waals surface area (Å²) in [6, 6.07) is 10.0. The van der Waals surface area contributed by atoms with E-state index in [1.54, 1.807) is 16.7 Å². The van der Waals surface area contributed by atoms with Gasteiger partial charge in [0.05, 0.1) is 5.41 Å². The van der Waals surface area contributed by atoms with Crippen LogP contribution in [0.25, 0.3) is 0 Å². The van der Waals surface area contributed by atoms with Gasteiger partial charge in [-0.05, 0) is 73.8 Å². The van der Waals surface area contributed by atoms with Gasteiger partial charge >= 0.3 is 5.97 Å². The molecule has 0 heterocycles. The molecule has 0 radical (unpaired) electrons. The van der Waals surface area contributed by atoms with E-state index in [1.165, 1.54) is 19.3 Å². The van der Waals surface area contributed by atoms with Crippen molar-refractivity contribution in [2.75, 3.05) is 0 Å². The Kier molecular flexibility index (Phi) is 5.48. The molecule has 1 aromatic rings. The number of benzene rings is 1. The van der Waals surface area contributed by atoms with Crippen LogP contribution in [-0.4, -0.2) is 5.97 Å². The summed E-state index contributed by atoms with van der Waals surface area (Å²) in [5, 5.41) is 0. The maximum atomic E-state index is 13.3. The average Bonchev–Trinajstić information content (AvgIpc) is 2.72. The molecule has 2 heteroatoms. The predicted molar refractivity (Wildman–Crippen MR) is 118 cm³/mol. The lowest BCUT2D eigenvalue weighted by Gasteiger charge is -2.55. The number of carbonyl (C=O) groups excluding carboxylic acids is 1. The zero-order chi connectivity index (χ0) is 20.6. The third-order valence-corrected chi connectivity index (χ3v) is 8.15. The van der Waals surface area contributed by atoms with E-state index in [2.05, 4.69) is 33.8 Å². The summed E-state index contributed by atoms with van der Waals surface area (Å²) < 4.78 is 5.88. The third-order valence-electron chi connectivity index (χ3n) is 8.15. The lowest BCUT2D eigenvalue weighted by atomic mass is 9.48. The van der Waals surface area contributed by atoms with Crippen LogP contribution in [0.4, 0.5) is 0 Å². The molecule has 156 valence electrons. The van der Waals surface area contributed by atoms with Crippen molar-refractivity contribution in [1.29, 1.82) is 0 Å². The maximum absolute atomic E-state index is 13.3. The minimum atomic E-state index is -0.373. The first-order chi connectivity index (χ1) is 13.8. The molecular formula is C27H36O2. The van der Waals surface area contributed by atoms with Gasteiger partial charge < -0.3 is 4.74 Å². The molecule has 1 aromatic carbocycles. The van der Waals surface area contributed by atoms with E-state index >= 15 is 0 Å². The molecule has 2 unspecified atom stereocenters. The lowest BCUT2D eigenvalue weighted by molar-refractivity contribution is -0.167. The lowest BCUT2D eigenvalue weighted by Crippen LogP contribution is -2.51. The summed E-state index contributed by atoms with van der Waals surface area (Å²) in [7, 11) is 0. The molecule has 29 heavy (non-hydrogen) atoms. The van der Waals surface area contributed by atoms with Gasteiger partial charge in [-0.2, -0.15) is 0 Å². The highest BCUT2D eigenvalue weighted by Gasteiger charge is 2.56. The van der Waals surface area contributed by atoms with Crippen molar-refractivity contribution in [2.45, 2.75) is 79.2 Å². The smallest absolute Gasteiger partial charge is 0.312 e. The maximum Gasteiger partial charge on any atom is 0.312 e. The average molecular weight is 393 g/mol. The molecule has 0 aromatic heterocycles. The highest BCUT2D eigenvalue weighted by Crippen LogP contribution is 2.62. The number of esters is 1. The zero-order valence-corrected chi connectivity index (χ0v) is 18.6. The van der Waals surface area contributed by atoms with Crippen LogP contribution in [0, 0.1) is 22.7 Å². The molecule has 4 rings (SSSR count). The van der Waals surface area contributed by atoms with Gasteiger partial charge in [-0.1, -0.05) is 74.7 Å². The summed E-state index contributed by atoms with van der Waals surface area (Å²) in [6.45, 7) is 9.64. The van der Waals surface area contributed by atoms with Crippen molar-refractivity contribution in [3.63, 3.8) is 0 Å². The molecule has 0 bridgehead atoms. The van der Waals surface area contributed by atoms with Gasteiger partial charge in [0, 0.05) is 0 Å². The Balaban J connectivity index is 1.58. The molecule has 1 saturated carbocycles. The third kappa shape index (κ3) is 3.60. The van der Waals surface area contributed by atoms with Crippen LogP contribution in [0.15, 0.2) is 53.1 Å². The molecule has 3 atom stereocenters. The summed E-state index contributed by atoms with van der Waals surface area (Å²) in [5.74, 6) is 1.04. The normalized spacial score (nSPS) is 31.8. The van der Waals surface area contributed by atoms with Gasteiger partial charge in [0.25, 0.3) is 0 Å². The molecule has 0 aliphatic heterocycles. The van der Waals surface area contributed by atoms with Crippen molar-refractivity contribution in [1.82, 2.24) is 0 Å². The van der Waals surface area contributed by atoms with E-state index in [-0.39, 0.29) is 16.8 Å². The number of hydrogen-bond donors (Lipinski definition) is 0.